The minimum atomic E-state index is -0.808. The van der Waals surface area contributed by atoms with E-state index < -0.39 is 6.17 Å². The van der Waals surface area contributed by atoms with Gasteiger partial charge in [-0.15, -0.1) is 0 Å². The number of amides is 1. The number of alkyl halides is 1. The second kappa shape index (κ2) is 11.3. The lowest BCUT2D eigenvalue weighted by Gasteiger charge is -2.49. The van der Waals surface area contributed by atoms with Crippen LogP contribution < -0.4 is 9.64 Å². The smallest absolute Gasteiger partial charge is 0.318 e. The van der Waals surface area contributed by atoms with E-state index in [0.717, 1.165) is 93.9 Å². The Morgan fingerprint density at radius 2 is 1.96 bits per heavy atom. The van der Waals surface area contributed by atoms with Crippen LogP contribution in [0.4, 0.5) is 10.2 Å². The highest BCUT2D eigenvalue weighted by molar-refractivity contribution is 5.92. The second-order valence-electron chi connectivity index (χ2n) is 14.4. The van der Waals surface area contributed by atoms with E-state index in [2.05, 4.69) is 51.1 Å². The first-order valence-electron chi connectivity index (χ1n) is 17.0. The van der Waals surface area contributed by atoms with Crippen LogP contribution in [0.5, 0.6) is 6.01 Å². The van der Waals surface area contributed by atoms with Gasteiger partial charge < -0.3 is 14.5 Å². The number of carbonyl (C=O) groups excluding carboxylic acids is 1. The lowest BCUT2D eigenvalue weighted by molar-refractivity contribution is 0.0714. The molecule has 11 heteroatoms. The highest BCUT2D eigenvalue weighted by Crippen LogP contribution is 2.47. The van der Waals surface area contributed by atoms with E-state index >= 15 is 0 Å². The number of aryl methyl sites for hydroxylation is 2. The van der Waals surface area contributed by atoms with Gasteiger partial charge in [0, 0.05) is 58.7 Å². The number of rotatable bonds is 5. The van der Waals surface area contributed by atoms with Gasteiger partial charge in [-0.05, 0) is 69.3 Å². The molecule has 1 spiro atoms. The molecule has 0 bridgehead atoms. The Bertz CT molecular complexity index is 1660. The van der Waals surface area contributed by atoms with Gasteiger partial charge in [-0.1, -0.05) is 24.3 Å². The van der Waals surface area contributed by atoms with Crippen molar-refractivity contribution >= 4 is 11.7 Å². The summed E-state index contributed by atoms with van der Waals surface area (Å²) >= 11 is 0. The highest BCUT2D eigenvalue weighted by Gasteiger charge is 2.50. The Labute approximate surface area is 270 Å². The minimum absolute atomic E-state index is 0.0929. The molecule has 4 aliphatic heterocycles. The Balaban J connectivity index is 1.17. The normalized spacial score (nSPS) is 27.6. The Morgan fingerprint density at radius 1 is 1.09 bits per heavy atom. The van der Waals surface area contributed by atoms with Crippen molar-refractivity contribution in [3.63, 3.8) is 0 Å². The van der Waals surface area contributed by atoms with Gasteiger partial charge in [0.05, 0.1) is 29.0 Å². The molecule has 3 atom stereocenters. The zero-order valence-corrected chi connectivity index (χ0v) is 27.3. The maximum atomic E-state index is 14.6. The van der Waals surface area contributed by atoms with Crippen LogP contribution in [0.3, 0.4) is 0 Å². The van der Waals surface area contributed by atoms with Gasteiger partial charge in [-0.2, -0.15) is 15.1 Å². The second-order valence-corrected chi connectivity index (χ2v) is 14.4. The maximum absolute atomic E-state index is 14.6. The zero-order valence-electron chi connectivity index (χ0n) is 27.3. The monoisotopic (exact) mass is 628 g/mol. The van der Waals surface area contributed by atoms with Crippen LogP contribution in [0, 0.1) is 0 Å². The number of aromatic nitrogens is 4. The van der Waals surface area contributed by atoms with Gasteiger partial charge in [0.15, 0.2) is 5.69 Å². The van der Waals surface area contributed by atoms with Crippen molar-refractivity contribution in [2.45, 2.75) is 88.3 Å². The molecule has 244 valence electrons. The van der Waals surface area contributed by atoms with Crippen LogP contribution in [0.25, 0.3) is 0 Å². The average molecular weight is 629 g/mol. The van der Waals surface area contributed by atoms with E-state index in [0.29, 0.717) is 37.8 Å². The fraction of sp³-hybridized carbons (Fsp3) is 0.600. The molecule has 10 nitrogen and oxygen atoms in total. The maximum Gasteiger partial charge on any atom is 0.318 e. The number of carbonyl (C=O) groups is 1. The summed E-state index contributed by atoms with van der Waals surface area (Å²) in [7, 11) is 5.76. The molecule has 2 fully saturated rings. The molecule has 6 heterocycles. The molecule has 2 aromatic heterocycles. The van der Waals surface area contributed by atoms with Crippen molar-refractivity contribution in [1.82, 2.24) is 34.4 Å². The van der Waals surface area contributed by atoms with Crippen LogP contribution in [0.2, 0.25) is 0 Å². The van der Waals surface area contributed by atoms with Gasteiger partial charge in [-0.25, -0.2) is 4.39 Å². The van der Waals surface area contributed by atoms with Crippen LogP contribution in [-0.4, -0.2) is 99.5 Å². The summed E-state index contributed by atoms with van der Waals surface area (Å²) in [5, 5.41) is 4.66. The van der Waals surface area contributed by atoms with E-state index in [1.807, 2.05) is 10.7 Å². The number of nitrogens with zero attached hydrogens (tertiary/aromatic N) is 8. The molecule has 0 saturated carbocycles. The minimum Gasteiger partial charge on any atom is -0.461 e. The summed E-state index contributed by atoms with van der Waals surface area (Å²) in [5.74, 6) is 0.807. The quantitative estimate of drug-likeness (QED) is 0.420. The number of benzene rings is 1. The molecule has 2 saturated heterocycles. The number of ether oxygens (including phenoxy) is 1. The Kier molecular flexibility index (Phi) is 7.32. The third-order valence-electron chi connectivity index (χ3n) is 11.4. The van der Waals surface area contributed by atoms with Crippen molar-refractivity contribution in [2.75, 3.05) is 52.3 Å². The first kappa shape index (κ1) is 29.8. The van der Waals surface area contributed by atoms with Gasteiger partial charge in [-0.3, -0.25) is 19.3 Å². The summed E-state index contributed by atoms with van der Waals surface area (Å²) < 4.78 is 23.1. The van der Waals surface area contributed by atoms with E-state index in [4.69, 9.17) is 14.7 Å². The Hall–Kier alpha value is -3.57. The SMILES string of the molecule is CN(C)C(=O)c1cc2n(n1)CCCN(c1nc(OC[C@@]34CCCN3C[C@H](F)C4)nc3c1CN(C)[C@@]1(CCCc4ccccc41)C3)C2. The molecule has 0 radical (unpaired) electrons. The number of anilines is 1. The number of hydrogen-bond acceptors (Lipinski definition) is 8. The van der Waals surface area contributed by atoms with Crippen molar-refractivity contribution in [3.8, 4) is 6.01 Å². The lowest BCUT2D eigenvalue weighted by atomic mass is 9.71. The third kappa shape index (κ3) is 4.89. The molecule has 8 rings (SSSR count). The van der Waals surface area contributed by atoms with E-state index in [1.165, 1.54) is 11.1 Å². The summed E-state index contributed by atoms with van der Waals surface area (Å²) in [6, 6.07) is 11.2. The van der Waals surface area contributed by atoms with Crippen LogP contribution in [-0.2, 0) is 38.0 Å². The number of fused-ring (bicyclic) bond motifs is 5. The number of hydrogen-bond donors (Lipinski definition) is 0. The van der Waals surface area contributed by atoms with Crippen LogP contribution in [0.15, 0.2) is 30.3 Å². The molecular weight excluding hydrogens is 583 g/mol. The van der Waals surface area contributed by atoms with Crippen LogP contribution in [0.1, 0.15) is 77.1 Å². The molecule has 1 aromatic carbocycles. The molecule has 0 N–H and O–H groups in total. The summed E-state index contributed by atoms with van der Waals surface area (Å²) in [6.07, 6.45) is 6.72. The molecule has 46 heavy (non-hydrogen) atoms. The van der Waals surface area contributed by atoms with E-state index in [1.54, 1.807) is 19.0 Å². The van der Waals surface area contributed by atoms with Gasteiger partial charge in [0.25, 0.3) is 5.91 Å². The fourth-order valence-electron chi connectivity index (χ4n) is 9.03. The van der Waals surface area contributed by atoms with Gasteiger partial charge in [0.1, 0.15) is 18.6 Å². The summed E-state index contributed by atoms with van der Waals surface area (Å²) in [6.45, 7) is 4.70. The van der Waals surface area contributed by atoms with Gasteiger partial charge in [0.2, 0.25) is 0 Å². The largest absolute Gasteiger partial charge is 0.461 e. The summed E-state index contributed by atoms with van der Waals surface area (Å²) in [4.78, 5) is 31.8. The van der Waals surface area contributed by atoms with Crippen molar-refractivity contribution in [3.05, 3.63) is 64.1 Å². The predicted molar refractivity (Wildman–Crippen MR) is 173 cm³/mol. The van der Waals surface area contributed by atoms with E-state index in [9.17, 15) is 9.18 Å². The first-order chi connectivity index (χ1) is 22.2. The van der Waals surface area contributed by atoms with Crippen molar-refractivity contribution < 1.29 is 13.9 Å². The standard InChI is InChI=1S/C35H45FN8O2/c1-40(2)32(45)29-17-26-21-42(14-8-16-44(26)39-29)31-27-22-41(3)35(13-6-10-24-9-4-5-11-28(24)35)19-30(27)37-33(38-31)46-23-34-12-7-15-43(34)20-25(36)18-34/h4-5,9,11,17,25H,6-8,10,12-16,18-23H2,1-3H3/t25-,34+,35+/m1/s1. The fourth-order valence-corrected chi connectivity index (χ4v) is 9.03. The molecule has 5 aliphatic rings. The number of likely N-dealkylation sites (N-methyl/N-ethyl adjacent to an activating group) is 1. The highest BCUT2D eigenvalue weighted by atomic mass is 19.1. The molecule has 1 aliphatic carbocycles. The third-order valence-corrected chi connectivity index (χ3v) is 11.4. The average Bonchev–Trinajstić information content (AvgIpc) is 3.67. The van der Waals surface area contributed by atoms with E-state index in [-0.39, 0.29) is 17.0 Å². The first-order valence-corrected chi connectivity index (χ1v) is 17.0. The van der Waals surface area contributed by atoms with Crippen LogP contribution >= 0.6 is 0 Å². The lowest BCUT2D eigenvalue weighted by Crippen LogP contribution is -2.51. The van der Waals surface area contributed by atoms with Crippen molar-refractivity contribution in [2.24, 2.45) is 0 Å². The molecule has 0 unspecified atom stereocenters. The molecule has 1 amide bonds. The Morgan fingerprint density at radius 3 is 2.83 bits per heavy atom. The topological polar surface area (TPSA) is 82.9 Å². The summed E-state index contributed by atoms with van der Waals surface area (Å²) in [5.41, 5.74) is 6.11. The van der Waals surface area contributed by atoms with Crippen molar-refractivity contribution in [1.29, 1.82) is 0 Å². The number of halogens is 1. The molecule has 3 aromatic rings. The zero-order chi connectivity index (χ0) is 31.6. The van der Waals surface area contributed by atoms with Gasteiger partial charge >= 0.3 is 6.01 Å². The predicted octanol–water partition coefficient (Wildman–Crippen LogP) is 3.96. The molecular formula is C35H45FN8O2.